The van der Waals surface area contributed by atoms with Crippen LogP contribution in [-0.4, -0.2) is 17.4 Å². The Kier molecular flexibility index (Phi) is 3.38. The fourth-order valence-electron chi connectivity index (χ4n) is 1.44. The summed E-state index contributed by atoms with van der Waals surface area (Å²) in [6, 6.07) is 12.5. The zero-order chi connectivity index (χ0) is 13.0. The minimum atomic E-state index is -0.706. The Morgan fingerprint density at radius 2 is 1.83 bits per heavy atom. The van der Waals surface area contributed by atoms with Crippen molar-refractivity contribution in [1.29, 1.82) is 0 Å². The normalized spacial score (nSPS) is 9.78. The van der Waals surface area contributed by atoms with Gasteiger partial charge in [-0.05, 0) is 30.3 Å². The number of aldehydes is 1. The first-order chi connectivity index (χ1) is 8.70. The standard InChI is InChI=1S/C14H10O4/c15-9-10-6-7-13(16)12(8-10)14(17)18-11-4-2-1-3-5-11/h1-9,16H. The molecule has 2 rings (SSSR count). The van der Waals surface area contributed by atoms with Crippen molar-refractivity contribution in [3.8, 4) is 11.5 Å². The number of aromatic hydroxyl groups is 1. The van der Waals surface area contributed by atoms with Crippen LogP contribution in [0.3, 0.4) is 0 Å². The Bertz CT molecular complexity index is 576. The Morgan fingerprint density at radius 3 is 2.50 bits per heavy atom. The van der Waals surface area contributed by atoms with E-state index in [1.165, 1.54) is 18.2 Å². The lowest BCUT2D eigenvalue weighted by Crippen LogP contribution is -2.09. The zero-order valence-electron chi connectivity index (χ0n) is 9.37. The number of ether oxygens (including phenoxy) is 1. The highest BCUT2D eigenvalue weighted by atomic mass is 16.5. The smallest absolute Gasteiger partial charge is 0.347 e. The van der Waals surface area contributed by atoms with Gasteiger partial charge in [0.05, 0.1) is 0 Å². The van der Waals surface area contributed by atoms with Gasteiger partial charge < -0.3 is 9.84 Å². The van der Waals surface area contributed by atoms with Gasteiger partial charge in [0.2, 0.25) is 0 Å². The highest BCUT2D eigenvalue weighted by Crippen LogP contribution is 2.20. The van der Waals surface area contributed by atoms with Crippen LogP contribution >= 0.6 is 0 Å². The third kappa shape index (κ3) is 2.55. The van der Waals surface area contributed by atoms with Crippen LogP contribution in [0.5, 0.6) is 11.5 Å². The minimum Gasteiger partial charge on any atom is -0.507 e. The van der Waals surface area contributed by atoms with Crippen molar-refractivity contribution in [2.45, 2.75) is 0 Å². The van der Waals surface area contributed by atoms with Crippen LogP contribution in [0.25, 0.3) is 0 Å². The van der Waals surface area contributed by atoms with Crippen LogP contribution in [0.4, 0.5) is 0 Å². The number of rotatable bonds is 3. The van der Waals surface area contributed by atoms with Gasteiger partial charge in [-0.3, -0.25) is 4.79 Å². The number of benzene rings is 2. The minimum absolute atomic E-state index is 0.0385. The molecule has 0 aliphatic carbocycles. The van der Waals surface area contributed by atoms with Crippen LogP contribution < -0.4 is 4.74 Å². The van der Waals surface area contributed by atoms with Gasteiger partial charge in [0, 0.05) is 5.56 Å². The molecule has 0 saturated heterocycles. The van der Waals surface area contributed by atoms with Crippen molar-refractivity contribution in [2.75, 3.05) is 0 Å². The first kappa shape index (κ1) is 11.9. The number of hydrogen-bond donors (Lipinski definition) is 1. The van der Waals surface area contributed by atoms with Crippen molar-refractivity contribution in [2.24, 2.45) is 0 Å². The second kappa shape index (κ2) is 5.14. The molecular weight excluding hydrogens is 232 g/mol. The summed E-state index contributed by atoms with van der Waals surface area (Å²) in [6.07, 6.45) is 0.596. The quantitative estimate of drug-likeness (QED) is 0.510. The largest absolute Gasteiger partial charge is 0.507 e. The number of phenolic OH excluding ortho intramolecular Hbond substituents is 1. The van der Waals surface area contributed by atoms with E-state index in [2.05, 4.69) is 0 Å². The molecule has 0 bridgehead atoms. The third-order valence-corrected chi connectivity index (χ3v) is 2.33. The first-order valence-corrected chi connectivity index (χ1v) is 5.26. The summed E-state index contributed by atoms with van der Waals surface area (Å²) < 4.78 is 5.07. The van der Waals surface area contributed by atoms with Crippen molar-refractivity contribution in [3.63, 3.8) is 0 Å². The topological polar surface area (TPSA) is 63.6 Å². The second-order valence-electron chi connectivity index (χ2n) is 3.60. The van der Waals surface area contributed by atoms with E-state index in [0.29, 0.717) is 17.6 Å². The monoisotopic (exact) mass is 242 g/mol. The summed E-state index contributed by atoms with van der Waals surface area (Å²) in [7, 11) is 0. The molecule has 2 aromatic carbocycles. The molecule has 0 fully saturated rings. The van der Waals surface area contributed by atoms with Gasteiger partial charge in [-0.25, -0.2) is 4.79 Å². The van der Waals surface area contributed by atoms with Crippen LogP contribution in [0.2, 0.25) is 0 Å². The molecule has 4 heteroatoms. The fourth-order valence-corrected chi connectivity index (χ4v) is 1.44. The van der Waals surface area contributed by atoms with Gasteiger partial charge in [-0.2, -0.15) is 0 Å². The average molecular weight is 242 g/mol. The Labute approximate surface area is 103 Å². The number of esters is 1. The molecule has 0 radical (unpaired) electrons. The van der Waals surface area contributed by atoms with Crippen molar-refractivity contribution in [3.05, 3.63) is 59.7 Å². The highest BCUT2D eigenvalue weighted by molar-refractivity contribution is 5.95. The molecule has 0 unspecified atom stereocenters. The van der Waals surface area contributed by atoms with Crippen molar-refractivity contribution >= 4 is 12.3 Å². The van der Waals surface area contributed by atoms with Crippen LogP contribution in [0, 0.1) is 0 Å². The molecule has 4 nitrogen and oxygen atoms in total. The first-order valence-electron chi connectivity index (χ1n) is 5.26. The van der Waals surface area contributed by atoms with Crippen LogP contribution in [0.1, 0.15) is 20.7 Å². The van der Waals surface area contributed by atoms with Gasteiger partial charge in [0.1, 0.15) is 23.3 Å². The molecular formula is C14H10O4. The lowest BCUT2D eigenvalue weighted by molar-refractivity contribution is 0.0731. The lowest BCUT2D eigenvalue weighted by atomic mass is 10.1. The predicted octanol–water partition coefficient (Wildman–Crippen LogP) is 2.42. The summed E-state index contributed by atoms with van der Waals surface area (Å²) >= 11 is 0. The Hall–Kier alpha value is -2.62. The molecule has 0 aliphatic rings. The summed E-state index contributed by atoms with van der Waals surface area (Å²) in [5, 5.41) is 9.56. The van der Waals surface area contributed by atoms with Gasteiger partial charge in [0.25, 0.3) is 0 Å². The van der Waals surface area contributed by atoms with E-state index >= 15 is 0 Å². The van der Waals surface area contributed by atoms with E-state index in [0.717, 1.165) is 0 Å². The van der Waals surface area contributed by atoms with E-state index in [1.54, 1.807) is 30.3 Å². The van der Waals surface area contributed by atoms with Crippen molar-refractivity contribution in [1.82, 2.24) is 0 Å². The fraction of sp³-hybridized carbons (Fsp3) is 0. The highest BCUT2D eigenvalue weighted by Gasteiger charge is 2.14. The predicted molar refractivity (Wildman–Crippen MR) is 64.9 cm³/mol. The summed E-state index contributed by atoms with van der Waals surface area (Å²) in [4.78, 5) is 22.4. The number of carbonyl (C=O) groups excluding carboxylic acids is 2. The molecule has 0 spiro atoms. The zero-order valence-corrected chi connectivity index (χ0v) is 9.37. The van der Waals surface area contributed by atoms with Crippen LogP contribution in [0.15, 0.2) is 48.5 Å². The summed E-state index contributed by atoms with van der Waals surface area (Å²) in [6.45, 7) is 0. The Morgan fingerprint density at radius 1 is 1.11 bits per heavy atom. The third-order valence-electron chi connectivity index (χ3n) is 2.33. The maximum absolute atomic E-state index is 11.8. The number of phenols is 1. The molecule has 1 N–H and O–H groups in total. The molecule has 0 amide bonds. The molecule has 0 atom stereocenters. The second-order valence-corrected chi connectivity index (χ2v) is 3.60. The van der Waals surface area contributed by atoms with E-state index in [4.69, 9.17) is 4.74 Å². The van der Waals surface area contributed by atoms with Gasteiger partial charge in [-0.15, -0.1) is 0 Å². The SMILES string of the molecule is O=Cc1ccc(O)c(C(=O)Oc2ccccc2)c1. The molecule has 0 saturated carbocycles. The van der Waals surface area contributed by atoms with Crippen LogP contribution in [-0.2, 0) is 0 Å². The molecule has 90 valence electrons. The molecule has 2 aromatic rings. The number of para-hydroxylation sites is 1. The lowest BCUT2D eigenvalue weighted by Gasteiger charge is -2.06. The Balaban J connectivity index is 2.26. The van der Waals surface area contributed by atoms with E-state index in [-0.39, 0.29) is 11.3 Å². The average Bonchev–Trinajstić information content (AvgIpc) is 2.40. The summed E-state index contributed by atoms with van der Waals surface area (Å²) in [5.74, 6) is -0.553. The molecule has 0 heterocycles. The molecule has 0 aliphatic heterocycles. The molecule has 0 aromatic heterocycles. The van der Waals surface area contributed by atoms with Crippen molar-refractivity contribution < 1.29 is 19.4 Å². The number of carbonyl (C=O) groups is 2. The number of hydrogen-bond acceptors (Lipinski definition) is 4. The van der Waals surface area contributed by atoms with Gasteiger partial charge in [-0.1, -0.05) is 18.2 Å². The maximum Gasteiger partial charge on any atom is 0.347 e. The van der Waals surface area contributed by atoms with Gasteiger partial charge in [0.15, 0.2) is 0 Å². The maximum atomic E-state index is 11.8. The van der Waals surface area contributed by atoms with E-state index in [9.17, 15) is 14.7 Å². The van der Waals surface area contributed by atoms with E-state index < -0.39 is 5.97 Å². The summed E-state index contributed by atoms with van der Waals surface area (Å²) in [5.41, 5.74) is 0.260. The van der Waals surface area contributed by atoms with E-state index in [1.807, 2.05) is 0 Å². The molecule has 18 heavy (non-hydrogen) atoms. The van der Waals surface area contributed by atoms with Gasteiger partial charge >= 0.3 is 5.97 Å².